The molecule has 0 bridgehead atoms. The summed E-state index contributed by atoms with van der Waals surface area (Å²) in [5.41, 5.74) is 6.92. The number of hydrogen-bond donors (Lipinski definition) is 1. The lowest BCUT2D eigenvalue weighted by atomic mass is 10.2. The highest BCUT2D eigenvalue weighted by molar-refractivity contribution is 5.93. The number of aryl methyl sites for hydroxylation is 1. The van der Waals surface area contributed by atoms with E-state index in [4.69, 9.17) is 5.73 Å². The fraction of sp³-hybridized carbons (Fsp3) is 0.455. The van der Waals surface area contributed by atoms with Crippen LogP contribution in [0.1, 0.15) is 29.8 Å². The Morgan fingerprint density at radius 2 is 1.93 bits per heavy atom. The second-order valence-corrected chi connectivity index (χ2v) is 3.13. The van der Waals surface area contributed by atoms with Crippen molar-refractivity contribution in [1.82, 2.24) is 9.88 Å². The summed E-state index contributed by atoms with van der Waals surface area (Å²) < 4.78 is 0. The molecule has 15 heavy (non-hydrogen) atoms. The number of carbonyl (C=O) groups excluding carboxylic acids is 1. The molecule has 0 atom stereocenters. The van der Waals surface area contributed by atoms with Crippen LogP contribution in [0.5, 0.6) is 0 Å². The number of nitrogens with two attached hydrogens (primary N) is 1. The zero-order chi connectivity index (χ0) is 12.0. The molecule has 0 spiro atoms. The van der Waals surface area contributed by atoms with Crippen molar-refractivity contribution in [3.05, 3.63) is 23.4 Å². The Balaban J connectivity index is 0.000000921. The molecule has 0 fully saturated rings. The van der Waals surface area contributed by atoms with E-state index in [9.17, 15) is 4.79 Å². The second-order valence-electron chi connectivity index (χ2n) is 3.13. The quantitative estimate of drug-likeness (QED) is 0.765. The molecule has 4 nitrogen and oxygen atoms in total. The third-order valence-corrected chi connectivity index (χ3v) is 1.77. The molecule has 0 saturated carbocycles. The molecule has 0 unspecified atom stereocenters. The molecular formula is C11H19N3O. The van der Waals surface area contributed by atoms with Gasteiger partial charge in [-0.1, -0.05) is 13.8 Å². The molecule has 1 aromatic heterocycles. The summed E-state index contributed by atoms with van der Waals surface area (Å²) in [4.78, 5) is 16.9. The van der Waals surface area contributed by atoms with Crippen molar-refractivity contribution in [2.24, 2.45) is 0 Å². The van der Waals surface area contributed by atoms with Gasteiger partial charge in [-0.25, -0.2) is 4.98 Å². The average Bonchev–Trinajstić information content (AvgIpc) is 2.24. The fourth-order valence-corrected chi connectivity index (χ4v) is 0.961. The number of pyridine rings is 1. The van der Waals surface area contributed by atoms with Crippen molar-refractivity contribution in [1.29, 1.82) is 0 Å². The van der Waals surface area contributed by atoms with Crippen LogP contribution in [0.4, 0.5) is 5.82 Å². The third kappa shape index (κ3) is 3.58. The maximum absolute atomic E-state index is 11.5. The van der Waals surface area contributed by atoms with Gasteiger partial charge in [-0.15, -0.1) is 0 Å². The Morgan fingerprint density at radius 3 is 2.33 bits per heavy atom. The lowest BCUT2D eigenvalue weighted by Gasteiger charge is -2.10. The molecule has 0 saturated heterocycles. The van der Waals surface area contributed by atoms with E-state index < -0.39 is 0 Å². The summed E-state index contributed by atoms with van der Waals surface area (Å²) >= 11 is 0. The number of nitrogens with zero attached hydrogens (tertiary/aromatic N) is 2. The molecule has 84 valence electrons. The highest BCUT2D eigenvalue weighted by Crippen LogP contribution is 2.09. The monoisotopic (exact) mass is 209 g/mol. The standard InChI is InChI=1S/C9H13N3O.C2H6/c1-6-4-7(5-11-8(6)10)9(13)12(2)3;1-2/h4-5H,1-3H3,(H2,10,11);1-2H3. The first-order valence-corrected chi connectivity index (χ1v) is 4.96. The summed E-state index contributed by atoms with van der Waals surface area (Å²) in [5, 5.41) is 0. The number of nitrogen functional groups attached to an aromatic ring is 1. The highest BCUT2D eigenvalue weighted by Gasteiger charge is 2.08. The predicted molar refractivity (Wildman–Crippen MR) is 62.8 cm³/mol. The smallest absolute Gasteiger partial charge is 0.254 e. The number of hydrogen-bond acceptors (Lipinski definition) is 3. The summed E-state index contributed by atoms with van der Waals surface area (Å²) in [6.45, 7) is 5.83. The number of carbonyl (C=O) groups is 1. The van der Waals surface area contributed by atoms with Crippen molar-refractivity contribution in [2.75, 3.05) is 19.8 Å². The molecule has 2 N–H and O–H groups in total. The Kier molecular flexibility index (Phi) is 5.37. The predicted octanol–water partition coefficient (Wildman–Crippen LogP) is 1.70. The van der Waals surface area contributed by atoms with Gasteiger partial charge in [-0.3, -0.25) is 4.79 Å². The van der Waals surface area contributed by atoms with E-state index in [1.807, 2.05) is 20.8 Å². The number of amides is 1. The molecular weight excluding hydrogens is 190 g/mol. The first kappa shape index (κ1) is 13.4. The number of rotatable bonds is 1. The summed E-state index contributed by atoms with van der Waals surface area (Å²) in [6, 6.07) is 1.74. The van der Waals surface area contributed by atoms with Crippen molar-refractivity contribution in [3.63, 3.8) is 0 Å². The van der Waals surface area contributed by atoms with E-state index in [1.165, 1.54) is 11.1 Å². The molecule has 0 radical (unpaired) electrons. The normalized spacial score (nSPS) is 8.87. The lowest BCUT2D eigenvalue weighted by Crippen LogP contribution is -2.22. The van der Waals surface area contributed by atoms with E-state index >= 15 is 0 Å². The maximum atomic E-state index is 11.5. The van der Waals surface area contributed by atoms with Crippen LogP contribution < -0.4 is 5.73 Å². The van der Waals surface area contributed by atoms with E-state index in [1.54, 1.807) is 20.2 Å². The van der Waals surface area contributed by atoms with Gasteiger partial charge in [-0.2, -0.15) is 0 Å². The Morgan fingerprint density at radius 1 is 1.40 bits per heavy atom. The Hall–Kier alpha value is -1.58. The third-order valence-electron chi connectivity index (χ3n) is 1.77. The molecule has 0 aliphatic rings. The molecule has 1 heterocycles. The number of anilines is 1. The van der Waals surface area contributed by atoms with Gasteiger partial charge < -0.3 is 10.6 Å². The highest BCUT2D eigenvalue weighted by atomic mass is 16.2. The summed E-state index contributed by atoms with van der Waals surface area (Å²) in [6.07, 6.45) is 1.49. The van der Waals surface area contributed by atoms with Crippen LogP contribution >= 0.6 is 0 Å². The average molecular weight is 209 g/mol. The van der Waals surface area contributed by atoms with Crippen molar-refractivity contribution in [3.8, 4) is 0 Å². The Bertz CT molecular complexity index is 335. The van der Waals surface area contributed by atoms with Crippen LogP contribution in [0.3, 0.4) is 0 Å². The van der Waals surface area contributed by atoms with Crippen molar-refractivity contribution in [2.45, 2.75) is 20.8 Å². The number of aromatic nitrogens is 1. The van der Waals surface area contributed by atoms with Gasteiger partial charge in [0.25, 0.3) is 5.91 Å². The molecule has 0 aliphatic heterocycles. The van der Waals surface area contributed by atoms with Crippen LogP contribution in [0.25, 0.3) is 0 Å². The van der Waals surface area contributed by atoms with Gasteiger partial charge in [0.05, 0.1) is 5.56 Å². The molecule has 4 heteroatoms. The molecule has 1 rings (SSSR count). The second kappa shape index (κ2) is 6.01. The van der Waals surface area contributed by atoms with Crippen LogP contribution in [0.2, 0.25) is 0 Å². The zero-order valence-electron chi connectivity index (χ0n) is 10.0. The first-order valence-electron chi connectivity index (χ1n) is 4.96. The van der Waals surface area contributed by atoms with E-state index in [-0.39, 0.29) is 5.91 Å². The zero-order valence-corrected chi connectivity index (χ0v) is 10.0. The summed E-state index contributed by atoms with van der Waals surface area (Å²) in [7, 11) is 3.40. The van der Waals surface area contributed by atoms with E-state index in [0.29, 0.717) is 11.4 Å². The summed E-state index contributed by atoms with van der Waals surface area (Å²) in [5.74, 6) is 0.408. The SMILES string of the molecule is CC.Cc1cc(C(=O)N(C)C)cnc1N. The van der Waals surface area contributed by atoms with Gasteiger partial charge in [0, 0.05) is 20.3 Å². The van der Waals surface area contributed by atoms with Gasteiger partial charge >= 0.3 is 0 Å². The molecule has 1 aromatic rings. The van der Waals surface area contributed by atoms with Crippen LogP contribution in [-0.4, -0.2) is 29.9 Å². The molecule has 1 amide bonds. The van der Waals surface area contributed by atoms with Crippen LogP contribution in [0, 0.1) is 6.92 Å². The van der Waals surface area contributed by atoms with Gasteiger partial charge in [0.1, 0.15) is 5.82 Å². The van der Waals surface area contributed by atoms with Crippen molar-refractivity contribution < 1.29 is 4.79 Å². The lowest BCUT2D eigenvalue weighted by molar-refractivity contribution is 0.0827. The molecule has 0 aliphatic carbocycles. The minimum absolute atomic E-state index is 0.0596. The fourth-order valence-electron chi connectivity index (χ4n) is 0.961. The Labute approximate surface area is 91.1 Å². The minimum Gasteiger partial charge on any atom is -0.383 e. The topological polar surface area (TPSA) is 59.2 Å². The van der Waals surface area contributed by atoms with E-state index in [2.05, 4.69) is 4.98 Å². The molecule has 0 aromatic carbocycles. The first-order chi connectivity index (χ1) is 7.02. The van der Waals surface area contributed by atoms with E-state index in [0.717, 1.165) is 5.56 Å². The largest absolute Gasteiger partial charge is 0.383 e. The van der Waals surface area contributed by atoms with Gasteiger partial charge in [0.15, 0.2) is 0 Å². The minimum atomic E-state index is -0.0596. The maximum Gasteiger partial charge on any atom is 0.254 e. The van der Waals surface area contributed by atoms with Crippen molar-refractivity contribution >= 4 is 11.7 Å². The van der Waals surface area contributed by atoms with Crippen LogP contribution in [0.15, 0.2) is 12.3 Å². The van der Waals surface area contributed by atoms with Crippen LogP contribution in [-0.2, 0) is 0 Å². The van der Waals surface area contributed by atoms with Gasteiger partial charge in [0.2, 0.25) is 0 Å². The van der Waals surface area contributed by atoms with Gasteiger partial charge in [-0.05, 0) is 18.6 Å².